The second-order valence-corrected chi connectivity index (χ2v) is 5.58. The lowest BCUT2D eigenvalue weighted by Gasteiger charge is -2.16. The fraction of sp³-hybridized carbons (Fsp3) is 0.412. The van der Waals surface area contributed by atoms with Gasteiger partial charge in [0.2, 0.25) is 5.88 Å². The highest BCUT2D eigenvalue weighted by Gasteiger charge is 2.14. The average molecular weight is 299 g/mol. The van der Waals surface area contributed by atoms with Gasteiger partial charge in [-0.05, 0) is 56.6 Å². The number of aryl methyl sites for hydroxylation is 1. The topological polar surface area (TPSA) is 47.5 Å². The van der Waals surface area contributed by atoms with Crippen LogP contribution in [0.15, 0.2) is 30.3 Å². The van der Waals surface area contributed by atoms with Crippen LogP contribution in [0.5, 0.6) is 17.4 Å². The van der Waals surface area contributed by atoms with Crippen molar-refractivity contribution in [3.63, 3.8) is 0 Å². The summed E-state index contributed by atoms with van der Waals surface area (Å²) in [6.07, 6.45) is 2.58. The minimum atomic E-state index is 0.474. The molecule has 3 rings (SSSR count). The molecule has 0 spiro atoms. The summed E-state index contributed by atoms with van der Waals surface area (Å²) in [6, 6.07) is 9.75. The van der Waals surface area contributed by atoms with Gasteiger partial charge < -0.3 is 9.47 Å². The van der Waals surface area contributed by atoms with Gasteiger partial charge in [0.05, 0.1) is 12.8 Å². The van der Waals surface area contributed by atoms with Crippen molar-refractivity contribution in [1.29, 1.82) is 0 Å². The molecule has 0 N–H and O–H groups in total. The van der Waals surface area contributed by atoms with Crippen molar-refractivity contribution in [3.05, 3.63) is 41.6 Å². The molecule has 0 aliphatic carbocycles. The molecule has 1 aliphatic rings. The molecule has 22 heavy (non-hydrogen) atoms. The number of hydrogen-bond acceptors (Lipinski definition) is 5. The number of ether oxygens (including phenoxy) is 2. The molecular formula is C17H21N3O2. The smallest absolute Gasteiger partial charge is 0.239 e. The summed E-state index contributed by atoms with van der Waals surface area (Å²) in [6.45, 7) is 5.19. The van der Waals surface area contributed by atoms with Crippen molar-refractivity contribution in [2.45, 2.75) is 26.3 Å². The van der Waals surface area contributed by atoms with E-state index in [1.54, 1.807) is 7.11 Å². The van der Waals surface area contributed by atoms with Crippen LogP contribution in [0.1, 0.15) is 24.1 Å². The van der Waals surface area contributed by atoms with Gasteiger partial charge in [-0.1, -0.05) is 6.07 Å². The second-order valence-electron chi connectivity index (χ2n) is 5.58. The molecule has 0 bridgehead atoms. The van der Waals surface area contributed by atoms with Crippen LogP contribution in [0.25, 0.3) is 0 Å². The second kappa shape index (κ2) is 6.75. The summed E-state index contributed by atoms with van der Waals surface area (Å²) in [5.74, 6) is 1.85. The fourth-order valence-corrected chi connectivity index (χ4v) is 2.65. The van der Waals surface area contributed by atoms with Gasteiger partial charge in [0, 0.05) is 12.6 Å². The largest absolute Gasteiger partial charge is 0.493 e. The van der Waals surface area contributed by atoms with Crippen molar-refractivity contribution in [2.75, 3.05) is 20.2 Å². The van der Waals surface area contributed by atoms with Gasteiger partial charge in [-0.25, -0.2) is 0 Å². The molecule has 0 radical (unpaired) electrons. The quantitative estimate of drug-likeness (QED) is 0.848. The van der Waals surface area contributed by atoms with Gasteiger partial charge in [0.25, 0.3) is 0 Å². The SMILES string of the molecule is COc1ccc(CN2CCCC2)cc1Oc1ccc(C)nn1. The van der Waals surface area contributed by atoms with Crippen LogP contribution in [-0.4, -0.2) is 35.3 Å². The van der Waals surface area contributed by atoms with Gasteiger partial charge >= 0.3 is 0 Å². The molecule has 1 saturated heterocycles. The minimum absolute atomic E-state index is 0.474. The lowest BCUT2D eigenvalue weighted by Crippen LogP contribution is -2.18. The summed E-state index contributed by atoms with van der Waals surface area (Å²) in [5.41, 5.74) is 2.08. The number of nitrogens with zero attached hydrogens (tertiary/aromatic N) is 3. The monoisotopic (exact) mass is 299 g/mol. The van der Waals surface area contributed by atoms with Crippen molar-refractivity contribution in [3.8, 4) is 17.4 Å². The van der Waals surface area contributed by atoms with Crippen molar-refractivity contribution < 1.29 is 9.47 Å². The highest BCUT2D eigenvalue weighted by atomic mass is 16.5. The molecule has 1 aromatic carbocycles. The normalized spacial score (nSPS) is 15.0. The average Bonchev–Trinajstić information content (AvgIpc) is 3.03. The predicted molar refractivity (Wildman–Crippen MR) is 84.3 cm³/mol. The number of likely N-dealkylation sites (tertiary alicyclic amines) is 1. The van der Waals surface area contributed by atoms with E-state index in [1.807, 2.05) is 31.2 Å². The third-order valence-electron chi connectivity index (χ3n) is 3.82. The first-order chi connectivity index (χ1) is 10.7. The molecule has 0 unspecified atom stereocenters. The van der Waals surface area contributed by atoms with Crippen LogP contribution >= 0.6 is 0 Å². The van der Waals surface area contributed by atoms with Crippen molar-refractivity contribution in [2.24, 2.45) is 0 Å². The predicted octanol–water partition coefficient (Wildman–Crippen LogP) is 3.18. The van der Waals surface area contributed by atoms with Gasteiger partial charge in [0.1, 0.15) is 0 Å². The molecule has 1 aliphatic heterocycles. The Labute approximate surface area is 130 Å². The van der Waals surface area contributed by atoms with Crippen molar-refractivity contribution in [1.82, 2.24) is 15.1 Å². The van der Waals surface area contributed by atoms with Crippen LogP contribution in [-0.2, 0) is 6.54 Å². The van der Waals surface area contributed by atoms with Gasteiger partial charge in [-0.15, -0.1) is 5.10 Å². The molecule has 2 aromatic rings. The highest BCUT2D eigenvalue weighted by Crippen LogP contribution is 2.32. The first-order valence-electron chi connectivity index (χ1n) is 7.62. The van der Waals surface area contributed by atoms with Crippen LogP contribution in [0.2, 0.25) is 0 Å². The molecule has 5 heteroatoms. The lowest BCUT2D eigenvalue weighted by molar-refractivity contribution is 0.329. The molecule has 5 nitrogen and oxygen atoms in total. The third kappa shape index (κ3) is 3.54. The number of benzene rings is 1. The Morgan fingerprint density at radius 1 is 1.05 bits per heavy atom. The van der Waals surface area contributed by atoms with E-state index < -0.39 is 0 Å². The molecule has 0 amide bonds. The maximum atomic E-state index is 5.84. The summed E-state index contributed by atoms with van der Waals surface area (Å²) in [4.78, 5) is 2.46. The standard InChI is InChI=1S/C17H21N3O2/c1-13-5-8-17(19-18-13)22-16-11-14(6-7-15(16)21-2)12-20-9-3-4-10-20/h5-8,11H,3-4,9-10,12H2,1-2H3. The van der Waals surface area contributed by atoms with Crippen molar-refractivity contribution >= 4 is 0 Å². The Bertz CT molecular complexity index is 622. The number of rotatable bonds is 5. The minimum Gasteiger partial charge on any atom is -0.493 e. The zero-order valence-electron chi connectivity index (χ0n) is 13.1. The van der Waals surface area contributed by atoms with E-state index >= 15 is 0 Å². The molecule has 0 atom stereocenters. The van der Waals surface area contributed by atoms with E-state index in [9.17, 15) is 0 Å². The number of aromatic nitrogens is 2. The third-order valence-corrected chi connectivity index (χ3v) is 3.82. The Kier molecular flexibility index (Phi) is 4.53. The first-order valence-corrected chi connectivity index (χ1v) is 7.62. The van der Waals surface area contributed by atoms with E-state index in [1.165, 1.54) is 31.5 Å². The molecular weight excluding hydrogens is 278 g/mol. The summed E-state index contributed by atoms with van der Waals surface area (Å²) >= 11 is 0. The first kappa shape index (κ1) is 14.8. The van der Waals surface area contributed by atoms with E-state index in [0.29, 0.717) is 17.4 Å². The number of hydrogen-bond donors (Lipinski definition) is 0. The van der Waals surface area contributed by atoms with E-state index in [0.717, 1.165) is 12.2 Å². The maximum absolute atomic E-state index is 5.84. The van der Waals surface area contributed by atoms with Gasteiger partial charge in [-0.3, -0.25) is 4.90 Å². The van der Waals surface area contributed by atoms with Gasteiger partial charge in [0.15, 0.2) is 11.5 Å². The Morgan fingerprint density at radius 2 is 1.86 bits per heavy atom. The van der Waals surface area contributed by atoms with Gasteiger partial charge in [-0.2, -0.15) is 5.10 Å². The molecule has 1 fully saturated rings. The van der Waals surface area contributed by atoms with Crippen LogP contribution < -0.4 is 9.47 Å². The van der Waals surface area contributed by atoms with Crippen LogP contribution in [0.3, 0.4) is 0 Å². The molecule has 0 saturated carbocycles. The maximum Gasteiger partial charge on any atom is 0.239 e. The van der Waals surface area contributed by atoms with E-state index in [2.05, 4.69) is 21.2 Å². The highest BCUT2D eigenvalue weighted by molar-refractivity contribution is 5.44. The Balaban J connectivity index is 1.79. The molecule has 116 valence electrons. The Morgan fingerprint density at radius 3 is 2.55 bits per heavy atom. The summed E-state index contributed by atoms with van der Waals surface area (Å²) in [5, 5.41) is 8.06. The van der Waals surface area contributed by atoms with Crippen LogP contribution in [0, 0.1) is 6.92 Å². The summed E-state index contributed by atoms with van der Waals surface area (Å²) in [7, 11) is 1.64. The van der Waals surface area contributed by atoms with E-state index in [-0.39, 0.29) is 0 Å². The summed E-state index contributed by atoms with van der Waals surface area (Å²) < 4.78 is 11.2. The molecule has 1 aromatic heterocycles. The zero-order valence-corrected chi connectivity index (χ0v) is 13.1. The number of methoxy groups -OCH3 is 1. The van der Waals surface area contributed by atoms with Crippen LogP contribution in [0.4, 0.5) is 0 Å². The zero-order chi connectivity index (χ0) is 15.4. The molecule has 2 heterocycles. The lowest BCUT2D eigenvalue weighted by atomic mass is 10.2. The van der Waals surface area contributed by atoms with E-state index in [4.69, 9.17) is 9.47 Å². The Hall–Kier alpha value is -2.14. The fourth-order valence-electron chi connectivity index (χ4n) is 2.65.